The number of halogens is 1. The minimum Gasteiger partial charge on any atom is -0.375 e. The Hall–Kier alpha value is -2.35. The molecule has 0 bridgehead atoms. The Bertz CT molecular complexity index is 1000. The highest BCUT2D eigenvalue weighted by atomic mass is 32.1. The van der Waals surface area contributed by atoms with Crippen LogP contribution in [0.25, 0.3) is 10.4 Å². The van der Waals surface area contributed by atoms with Gasteiger partial charge in [-0.3, -0.25) is 0 Å². The minimum absolute atomic E-state index is 0.0867. The van der Waals surface area contributed by atoms with E-state index in [9.17, 15) is 4.39 Å². The van der Waals surface area contributed by atoms with Gasteiger partial charge in [0.2, 0.25) is 0 Å². The second kappa shape index (κ2) is 8.41. The van der Waals surface area contributed by atoms with Gasteiger partial charge in [0, 0.05) is 11.9 Å². The molecule has 7 heteroatoms. The number of ether oxygens (including phenoxy) is 1. The number of piperidine rings is 1. The summed E-state index contributed by atoms with van der Waals surface area (Å²) in [5, 5.41) is 7.51. The summed E-state index contributed by atoms with van der Waals surface area (Å²) in [5.41, 5.74) is 2.12. The van der Waals surface area contributed by atoms with Crippen LogP contribution in [0.1, 0.15) is 25.0 Å². The summed E-state index contributed by atoms with van der Waals surface area (Å²) in [6.45, 7) is 2.93. The molecule has 0 amide bonds. The number of nitrogens with one attached hydrogen (secondary N) is 2. The van der Waals surface area contributed by atoms with Crippen molar-refractivity contribution in [3.8, 4) is 10.4 Å². The molecule has 1 atom stereocenters. The van der Waals surface area contributed by atoms with E-state index in [0.29, 0.717) is 5.92 Å². The molecule has 4 heterocycles. The summed E-state index contributed by atoms with van der Waals surface area (Å²) < 4.78 is 19.4. The smallest absolute Gasteiger partial charge is 0.188 e. The average Bonchev–Trinajstić information content (AvgIpc) is 3.37. The highest BCUT2D eigenvalue weighted by molar-refractivity contribution is 7.18. The third-order valence-electron chi connectivity index (χ3n) is 5.97. The fourth-order valence-electron chi connectivity index (χ4n) is 4.45. The Labute approximate surface area is 179 Å². The standard InChI is InChI=1S/C23H25FN4OS/c24-18-6-4-17(5-7-18)20-14-26-22(30-20)28-21-3-1-2-19(27-21)12-16-13-23(29-15-16)8-10-25-11-9-23/h1-7,14,16,25H,8-13,15H2,(H,26,27,28)/t16-/m0/s1. The summed E-state index contributed by atoms with van der Waals surface area (Å²) >= 11 is 1.53. The molecule has 0 saturated carbocycles. The average molecular weight is 425 g/mol. The first-order valence-electron chi connectivity index (χ1n) is 10.5. The lowest BCUT2D eigenvalue weighted by atomic mass is 9.85. The van der Waals surface area contributed by atoms with Crippen LogP contribution in [-0.4, -0.2) is 35.3 Å². The normalized spacial score (nSPS) is 20.5. The fraction of sp³-hybridized carbons (Fsp3) is 0.391. The molecule has 3 aromatic rings. The van der Waals surface area contributed by atoms with Crippen LogP contribution in [-0.2, 0) is 11.2 Å². The van der Waals surface area contributed by atoms with Crippen molar-refractivity contribution in [2.45, 2.75) is 31.3 Å². The van der Waals surface area contributed by atoms with E-state index < -0.39 is 0 Å². The molecule has 0 unspecified atom stereocenters. The zero-order chi connectivity index (χ0) is 20.4. The van der Waals surface area contributed by atoms with Crippen LogP contribution in [0, 0.1) is 11.7 Å². The topological polar surface area (TPSA) is 59.1 Å². The second-order valence-corrected chi connectivity index (χ2v) is 9.22. The van der Waals surface area contributed by atoms with Crippen molar-refractivity contribution in [2.75, 3.05) is 25.0 Å². The Kier molecular flexibility index (Phi) is 5.50. The summed E-state index contributed by atoms with van der Waals surface area (Å²) in [7, 11) is 0. The number of thiazole rings is 1. The van der Waals surface area contributed by atoms with Gasteiger partial charge in [0.25, 0.3) is 0 Å². The Morgan fingerprint density at radius 1 is 1.17 bits per heavy atom. The van der Waals surface area contributed by atoms with Gasteiger partial charge in [-0.25, -0.2) is 14.4 Å². The summed E-state index contributed by atoms with van der Waals surface area (Å²) in [4.78, 5) is 10.2. The first-order chi connectivity index (χ1) is 14.7. The molecular formula is C23H25FN4OS. The van der Waals surface area contributed by atoms with Gasteiger partial charge in [-0.2, -0.15) is 0 Å². The van der Waals surface area contributed by atoms with Gasteiger partial charge in [-0.05, 0) is 74.5 Å². The molecule has 5 rings (SSSR count). The van der Waals surface area contributed by atoms with Crippen molar-refractivity contribution in [1.82, 2.24) is 15.3 Å². The number of benzene rings is 1. The van der Waals surface area contributed by atoms with E-state index in [-0.39, 0.29) is 11.4 Å². The predicted octanol–water partition coefficient (Wildman–Crippen LogP) is 4.79. The summed E-state index contributed by atoms with van der Waals surface area (Å²) in [6.07, 6.45) is 6.08. The molecule has 2 fully saturated rings. The molecule has 1 spiro atoms. The lowest BCUT2D eigenvalue weighted by Crippen LogP contribution is -2.41. The molecular weight excluding hydrogens is 399 g/mol. The maximum Gasteiger partial charge on any atom is 0.188 e. The Balaban J connectivity index is 1.23. The molecule has 0 aliphatic carbocycles. The van der Waals surface area contributed by atoms with Gasteiger partial charge >= 0.3 is 0 Å². The van der Waals surface area contributed by atoms with Crippen molar-refractivity contribution in [3.63, 3.8) is 0 Å². The fourth-order valence-corrected chi connectivity index (χ4v) is 5.28. The van der Waals surface area contributed by atoms with Gasteiger partial charge in [0.15, 0.2) is 5.13 Å². The lowest BCUT2D eigenvalue weighted by Gasteiger charge is -2.33. The van der Waals surface area contributed by atoms with Gasteiger partial charge < -0.3 is 15.4 Å². The third-order valence-corrected chi connectivity index (χ3v) is 6.94. The van der Waals surface area contributed by atoms with Crippen LogP contribution in [0.5, 0.6) is 0 Å². The molecule has 30 heavy (non-hydrogen) atoms. The number of hydrogen-bond donors (Lipinski definition) is 2. The molecule has 5 nitrogen and oxygen atoms in total. The lowest BCUT2D eigenvalue weighted by molar-refractivity contribution is -0.0196. The molecule has 2 N–H and O–H groups in total. The Morgan fingerprint density at radius 3 is 2.83 bits per heavy atom. The largest absolute Gasteiger partial charge is 0.375 e. The highest BCUT2D eigenvalue weighted by Gasteiger charge is 2.41. The summed E-state index contributed by atoms with van der Waals surface area (Å²) in [6, 6.07) is 12.6. The number of nitrogens with zero attached hydrogens (tertiary/aromatic N) is 2. The molecule has 1 aromatic carbocycles. The zero-order valence-corrected chi connectivity index (χ0v) is 17.6. The maximum absolute atomic E-state index is 13.1. The van der Waals surface area contributed by atoms with E-state index in [1.54, 1.807) is 18.3 Å². The van der Waals surface area contributed by atoms with Gasteiger partial charge in [-0.15, -0.1) is 0 Å². The molecule has 2 aliphatic heterocycles. The predicted molar refractivity (Wildman–Crippen MR) is 118 cm³/mol. The van der Waals surface area contributed by atoms with E-state index in [0.717, 1.165) is 72.5 Å². The van der Waals surface area contributed by atoms with Crippen LogP contribution in [0.4, 0.5) is 15.3 Å². The van der Waals surface area contributed by atoms with E-state index in [4.69, 9.17) is 9.72 Å². The molecule has 2 aliphatic rings. The summed E-state index contributed by atoms with van der Waals surface area (Å²) in [5.74, 6) is 1.08. The SMILES string of the molecule is Fc1ccc(-c2cnc(Nc3cccc(C[C@@H]4COC5(CCNCC5)C4)n3)s2)cc1. The van der Waals surface area contributed by atoms with Crippen LogP contribution in [0.15, 0.2) is 48.7 Å². The number of aromatic nitrogens is 2. The maximum atomic E-state index is 13.1. The van der Waals surface area contributed by atoms with Crippen LogP contribution < -0.4 is 10.6 Å². The van der Waals surface area contributed by atoms with Gasteiger partial charge in [0.05, 0.1) is 17.1 Å². The highest BCUT2D eigenvalue weighted by Crippen LogP contribution is 2.38. The van der Waals surface area contributed by atoms with E-state index >= 15 is 0 Å². The van der Waals surface area contributed by atoms with Crippen molar-refractivity contribution in [1.29, 1.82) is 0 Å². The van der Waals surface area contributed by atoms with Crippen LogP contribution >= 0.6 is 11.3 Å². The Morgan fingerprint density at radius 2 is 2.00 bits per heavy atom. The van der Waals surface area contributed by atoms with Gasteiger partial charge in [-0.1, -0.05) is 29.5 Å². The number of pyridine rings is 1. The number of anilines is 2. The second-order valence-electron chi connectivity index (χ2n) is 8.19. The zero-order valence-electron chi connectivity index (χ0n) is 16.7. The molecule has 156 valence electrons. The molecule has 2 aromatic heterocycles. The third kappa shape index (κ3) is 4.38. The van der Waals surface area contributed by atoms with Crippen molar-refractivity contribution in [2.24, 2.45) is 5.92 Å². The van der Waals surface area contributed by atoms with Crippen molar-refractivity contribution >= 4 is 22.3 Å². The minimum atomic E-state index is -0.235. The molecule has 2 saturated heterocycles. The molecule has 0 radical (unpaired) electrons. The van der Waals surface area contributed by atoms with Crippen LogP contribution in [0.2, 0.25) is 0 Å². The van der Waals surface area contributed by atoms with E-state index in [1.807, 2.05) is 12.1 Å². The van der Waals surface area contributed by atoms with Crippen molar-refractivity contribution in [3.05, 3.63) is 60.2 Å². The first kappa shape index (κ1) is 19.6. The quantitative estimate of drug-likeness (QED) is 0.617. The van der Waals surface area contributed by atoms with E-state index in [1.165, 1.54) is 23.5 Å². The number of hydrogen-bond acceptors (Lipinski definition) is 6. The van der Waals surface area contributed by atoms with Crippen LogP contribution in [0.3, 0.4) is 0 Å². The number of rotatable bonds is 5. The van der Waals surface area contributed by atoms with E-state index in [2.05, 4.69) is 21.7 Å². The monoisotopic (exact) mass is 424 g/mol. The first-order valence-corrected chi connectivity index (χ1v) is 11.3. The van der Waals surface area contributed by atoms with Gasteiger partial charge in [0.1, 0.15) is 11.6 Å². The van der Waals surface area contributed by atoms with Crippen molar-refractivity contribution < 1.29 is 9.13 Å².